The summed E-state index contributed by atoms with van der Waals surface area (Å²) < 4.78 is 5.98. The summed E-state index contributed by atoms with van der Waals surface area (Å²) in [6.45, 7) is 7.05. The van der Waals surface area contributed by atoms with Crippen LogP contribution in [0.4, 0.5) is 0 Å². The summed E-state index contributed by atoms with van der Waals surface area (Å²) in [5.74, 6) is 1.63. The number of hydrogen-bond donors (Lipinski definition) is 1. The fourth-order valence-electron chi connectivity index (χ4n) is 1.89. The van der Waals surface area contributed by atoms with Crippen molar-refractivity contribution in [1.29, 1.82) is 0 Å². The molecule has 0 heterocycles. The van der Waals surface area contributed by atoms with Crippen LogP contribution >= 0.6 is 11.6 Å². The van der Waals surface area contributed by atoms with Crippen molar-refractivity contribution in [2.75, 3.05) is 0 Å². The van der Waals surface area contributed by atoms with Crippen LogP contribution in [0.25, 0.3) is 0 Å². The zero-order valence-electron chi connectivity index (χ0n) is 12.1. The van der Waals surface area contributed by atoms with Gasteiger partial charge in [-0.1, -0.05) is 43.6 Å². The Morgan fingerprint density at radius 3 is 2.65 bits per heavy atom. The van der Waals surface area contributed by atoms with Crippen LogP contribution in [0.3, 0.4) is 0 Å². The van der Waals surface area contributed by atoms with Gasteiger partial charge in [0.1, 0.15) is 11.5 Å². The zero-order chi connectivity index (χ0) is 14.5. The van der Waals surface area contributed by atoms with E-state index in [0.717, 1.165) is 23.6 Å². The molecule has 0 aliphatic heterocycles. The maximum atomic E-state index is 6.08. The number of rotatable bonds is 5. The van der Waals surface area contributed by atoms with E-state index in [2.05, 4.69) is 19.2 Å². The molecule has 20 heavy (non-hydrogen) atoms. The molecular weight excluding hydrogens is 270 g/mol. The fraction of sp³-hybridized carbons (Fsp3) is 0.294. The predicted octanol–water partition coefficient (Wildman–Crippen LogP) is 4.94. The van der Waals surface area contributed by atoms with Crippen molar-refractivity contribution < 1.29 is 4.74 Å². The molecule has 0 aliphatic rings. The van der Waals surface area contributed by atoms with E-state index in [1.165, 1.54) is 5.56 Å². The average Bonchev–Trinajstić information content (AvgIpc) is 2.37. The minimum Gasteiger partial charge on any atom is -0.457 e. The van der Waals surface area contributed by atoms with Crippen LogP contribution in [0.5, 0.6) is 11.5 Å². The largest absolute Gasteiger partial charge is 0.457 e. The van der Waals surface area contributed by atoms with Gasteiger partial charge >= 0.3 is 0 Å². The third-order valence-electron chi connectivity index (χ3n) is 2.95. The third kappa shape index (κ3) is 4.26. The van der Waals surface area contributed by atoms with Crippen LogP contribution in [0, 0.1) is 6.92 Å². The second-order valence-electron chi connectivity index (χ2n) is 5.21. The second-order valence-corrected chi connectivity index (χ2v) is 5.64. The van der Waals surface area contributed by atoms with Gasteiger partial charge in [0.05, 0.1) is 0 Å². The maximum Gasteiger partial charge on any atom is 0.133 e. The molecule has 2 rings (SSSR count). The fourth-order valence-corrected chi connectivity index (χ4v) is 2.05. The van der Waals surface area contributed by atoms with Crippen LogP contribution in [0.2, 0.25) is 5.02 Å². The van der Waals surface area contributed by atoms with Crippen LogP contribution in [-0.2, 0) is 6.54 Å². The molecule has 2 aromatic carbocycles. The molecule has 0 aliphatic carbocycles. The van der Waals surface area contributed by atoms with Gasteiger partial charge in [-0.05, 0) is 36.8 Å². The van der Waals surface area contributed by atoms with Crippen molar-refractivity contribution in [3.05, 3.63) is 58.6 Å². The van der Waals surface area contributed by atoms with Gasteiger partial charge < -0.3 is 10.1 Å². The van der Waals surface area contributed by atoms with Crippen molar-refractivity contribution in [3.8, 4) is 11.5 Å². The van der Waals surface area contributed by atoms with Crippen LogP contribution in [0.15, 0.2) is 42.5 Å². The molecule has 106 valence electrons. The number of nitrogens with one attached hydrogen (secondary N) is 1. The molecule has 0 saturated heterocycles. The highest BCUT2D eigenvalue weighted by Crippen LogP contribution is 2.29. The van der Waals surface area contributed by atoms with E-state index in [9.17, 15) is 0 Å². The normalized spacial score (nSPS) is 10.8. The van der Waals surface area contributed by atoms with Gasteiger partial charge in [-0.25, -0.2) is 0 Å². The monoisotopic (exact) mass is 289 g/mol. The molecule has 2 nitrogen and oxygen atoms in total. The number of halogens is 1. The van der Waals surface area contributed by atoms with Crippen molar-refractivity contribution in [2.45, 2.75) is 33.4 Å². The lowest BCUT2D eigenvalue weighted by Gasteiger charge is -2.14. The lowest BCUT2D eigenvalue weighted by Crippen LogP contribution is -2.22. The summed E-state index contributed by atoms with van der Waals surface area (Å²) in [4.78, 5) is 0. The Balaban J connectivity index is 2.22. The molecule has 2 aromatic rings. The average molecular weight is 290 g/mol. The minimum atomic E-state index is 0.428. The first-order chi connectivity index (χ1) is 9.54. The lowest BCUT2D eigenvalue weighted by molar-refractivity contribution is 0.469. The first kappa shape index (κ1) is 14.9. The Hall–Kier alpha value is -1.51. The SMILES string of the molecule is Cc1cccc(Oc2cc(Cl)ccc2CNC(C)C)c1. The quantitative estimate of drug-likeness (QED) is 0.842. The number of benzene rings is 2. The molecule has 0 unspecified atom stereocenters. The van der Waals surface area contributed by atoms with Gasteiger partial charge in [0.25, 0.3) is 0 Å². The molecule has 0 atom stereocenters. The second kappa shape index (κ2) is 6.78. The van der Waals surface area contributed by atoms with Crippen molar-refractivity contribution in [3.63, 3.8) is 0 Å². The Morgan fingerprint density at radius 1 is 1.15 bits per heavy atom. The maximum absolute atomic E-state index is 6.08. The highest BCUT2D eigenvalue weighted by atomic mass is 35.5. The van der Waals surface area contributed by atoms with Gasteiger partial charge in [-0.3, -0.25) is 0 Å². The Labute approximate surface area is 125 Å². The predicted molar refractivity (Wildman–Crippen MR) is 84.7 cm³/mol. The number of hydrogen-bond acceptors (Lipinski definition) is 2. The van der Waals surface area contributed by atoms with Crippen molar-refractivity contribution in [1.82, 2.24) is 5.32 Å². The standard InChI is InChI=1S/C17H20ClNO/c1-12(2)19-11-14-7-8-15(18)10-17(14)20-16-6-4-5-13(3)9-16/h4-10,12,19H,11H2,1-3H3. The Morgan fingerprint density at radius 2 is 1.95 bits per heavy atom. The Bertz CT molecular complexity index is 581. The van der Waals surface area contributed by atoms with E-state index in [1.807, 2.05) is 49.4 Å². The van der Waals surface area contributed by atoms with E-state index >= 15 is 0 Å². The molecular formula is C17H20ClNO. The topological polar surface area (TPSA) is 21.3 Å². The highest BCUT2D eigenvalue weighted by molar-refractivity contribution is 6.30. The van der Waals surface area contributed by atoms with E-state index in [1.54, 1.807) is 0 Å². The summed E-state index contributed by atoms with van der Waals surface area (Å²) in [6, 6.07) is 14.2. The van der Waals surface area contributed by atoms with Crippen molar-refractivity contribution in [2.24, 2.45) is 0 Å². The molecule has 0 aromatic heterocycles. The van der Waals surface area contributed by atoms with Gasteiger partial charge in [-0.15, -0.1) is 0 Å². The van der Waals surface area contributed by atoms with Gasteiger partial charge in [0.15, 0.2) is 0 Å². The number of ether oxygens (including phenoxy) is 1. The third-order valence-corrected chi connectivity index (χ3v) is 3.18. The van der Waals surface area contributed by atoms with E-state index < -0.39 is 0 Å². The summed E-state index contributed by atoms with van der Waals surface area (Å²) >= 11 is 6.08. The molecule has 1 N–H and O–H groups in total. The summed E-state index contributed by atoms with van der Waals surface area (Å²) in [5, 5.41) is 4.08. The molecule has 0 fully saturated rings. The first-order valence-electron chi connectivity index (χ1n) is 6.81. The molecule has 0 amide bonds. The first-order valence-corrected chi connectivity index (χ1v) is 7.19. The van der Waals surface area contributed by atoms with Crippen LogP contribution in [0.1, 0.15) is 25.0 Å². The van der Waals surface area contributed by atoms with Gasteiger partial charge in [0, 0.05) is 23.2 Å². The lowest BCUT2D eigenvalue weighted by atomic mass is 10.2. The van der Waals surface area contributed by atoms with Gasteiger partial charge in [-0.2, -0.15) is 0 Å². The van der Waals surface area contributed by atoms with E-state index in [0.29, 0.717) is 11.1 Å². The summed E-state index contributed by atoms with van der Waals surface area (Å²) in [6.07, 6.45) is 0. The van der Waals surface area contributed by atoms with Crippen LogP contribution < -0.4 is 10.1 Å². The Kier molecular flexibility index (Phi) is 5.05. The smallest absolute Gasteiger partial charge is 0.133 e. The summed E-state index contributed by atoms with van der Waals surface area (Å²) in [5.41, 5.74) is 2.27. The van der Waals surface area contributed by atoms with E-state index in [4.69, 9.17) is 16.3 Å². The van der Waals surface area contributed by atoms with Crippen molar-refractivity contribution >= 4 is 11.6 Å². The molecule has 0 saturated carbocycles. The minimum absolute atomic E-state index is 0.428. The van der Waals surface area contributed by atoms with Gasteiger partial charge in [0.2, 0.25) is 0 Å². The molecule has 0 bridgehead atoms. The molecule has 0 spiro atoms. The zero-order valence-corrected chi connectivity index (χ0v) is 12.9. The summed E-state index contributed by atoms with van der Waals surface area (Å²) in [7, 11) is 0. The highest BCUT2D eigenvalue weighted by Gasteiger charge is 2.07. The molecule has 3 heteroatoms. The van der Waals surface area contributed by atoms with E-state index in [-0.39, 0.29) is 0 Å². The van der Waals surface area contributed by atoms with Crippen LogP contribution in [-0.4, -0.2) is 6.04 Å². The molecule has 0 radical (unpaired) electrons. The number of aryl methyl sites for hydroxylation is 1.